The first-order valence-corrected chi connectivity index (χ1v) is 16.2. The Labute approximate surface area is 262 Å². The molecule has 2 aliphatic rings. The Morgan fingerprint density at radius 3 is 2.75 bits per heavy atom. The molecule has 3 aromatic carbocycles. The van der Waals surface area contributed by atoms with E-state index in [1.165, 1.54) is 40.1 Å². The summed E-state index contributed by atoms with van der Waals surface area (Å²) in [7, 11) is 0. The van der Waals surface area contributed by atoms with Crippen LogP contribution in [0.1, 0.15) is 55.0 Å². The van der Waals surface area contributed by atoms with Crippen molar-refractivity contribution in [2.45, 2.75) is 55.3 Å². The fourth-order valence-electron chi connectivity index (χ4n) is 5.26. The lowest BCUT2D eigenvalue weighted by molar-refractivity contribution is -0.132. The van der Waals surface area contributed by atoms with E-state index in [9.17, 15) is 19.1 Å². The smallest absolute Gasteiger partial charge is 0.301 e. The highest BCUT2D eigenvalue weighted by atomic mass is 32.2. The number of carbonyl (C=O) groups is 2. The molecule has 0 spiro atoms. The van der Waals surface area contributed by atoms with E-state index >= 15 is 0 Å². The maximum Gasteiger partial charge on any atom is 0.301 e. The highest BCUT2D eigenvalue weighted by Crippen LogP contribution is 2.45. The number of ether oxygens (including phenoxy) is 2. The topological polar surface area (TPSA) is 102 Å². The number of benzene rings is 3. The Balaban J connectivity index is 1.38. The molecular formula is C33H30FN3O5S2. The minimum absolute atomic E-state index is 0.0101. The van der Waals surface area contributed by atoms with Crippen LogP contribution in [0, 0.1) is 5.82 Å². The number of ketones is 1. The van der Waals surface area contributed by atoms with Gasteiger partial charge in [0.25, 0.3) is 5.78 Å². The molecule has 1 aromatic heterocycles. The zero-order valence-electron chi connectivity index (χ0n) is 24.2. The van der Waals surface area contributed by atoms with Crippen molar-refractivity contribution in [1.29, 1.82) is 0 Å². The van der Waals surface area contributed by atoms with Crippen LogP contribution >= 0.6 is 23.1 Å². The summed E-state index contributed by atoms with van der Waals surface area (Å²) in [6.07, 6.45) is 2.54. The van der Waals surface area contributed by atoms with Gasteiger partial charge in [0.15, 0.2) is 4.34 Å². The fraction of sp³-hybridized carbons (Fsp3) is 0.273. The normalized spacial score (nSPS) is 18.8. The largest absolute Gasteiger partial charge is 0.507 e. The number of nitrogens with zero attached hydrogens (tertiary/aromatic N) is 3. The molecule has 1 N–H and O–H groups in total. The lowest BCUT2D eigenvalue weighted by Crippen LogP contribution is -2.29. The van der Waals surface area contributed by atoms with Crippen LogP contribution in [0.5, 0.6) is 11.5 Å². The van der Waals surface area contributed by atoms with Gasteiger partial charge in [-0.25, -0.2) is 4.39 Å². The van der Waals surface area contributed by atoms with Crippen molar-refractivity contribution in [3.8, 4) is 11.5 Å². The number of aliphatic hydroxyl groups is 1. The highest BCUT2D eigenvalue weighted by molar-refractivity contribution is 8.00. The number of aromatic nitrogens is 2. The SMILES string of the molecule is CCCCOc1cccc([C@@H]2C(=C(O)c3ccc4c(c3)C[C@H](C)O4)C(=O)C(=O)N2c2nnc(SCc3ccc(F)cc3)s2)c1. The number of amides is 1. The van der Waals surface area contributed by atoms with Crippen molar-refractivity contribution in [3.05, 3.63) is 100 Å². The Hall–Kier alpha value is -4.22. The Morgan fingerprint density at radius 1 is 1.14 bits per heavy atom. The van der Waals surface area contributed by atoms with Crippen LogP contribution in [-0.2, 0) is 21.8 Å². The van der Waals surface area contributed by atoms with Gasteiger partial charge in [0, 0.05) is 17.7 Å². The van der Waals surface area contributed by atoms with E-state index in [1.54, 1.807) is 48.5 Å². The first-order chi connectivity index (χ1) is 21.3. The van der Waals surface area contributed by atoms with Gasteiger partial charge < -0.3 is 14.6 Å². The zero-order chi connectivity index (χ0) is 30.8. The second-order valence-electron chi connectivity index (χ2n) is 10.7. The maximum atomic E-state index is 13.7. The number of aliphatic hydroxyl groups excluding tert-OH is 1. The number of unbranched alkanes of at least 4 members (excludes halogenated alkanes) is 1. The van der Waals surface area contributed by atoms with E-state index in [2.05, 4.69) is 17.1 Å². The van der Waals surface area contributed by atoms with Crippen molar-refractivity contribution in [2.75, 3.05) is 11.5 Å². The van der Waals surface area contributed by atoms with E-state index in [4.69, 9.17) is 9.47 Å². The zero-order valence-corrected chi connectivity index (χ0v) is 25.8. The number of halogens is 1. The molecule has 11 heteroatoms. The minimum Gasteiger partial charge on any atom is -0.507 e. The molecule has 2 atom stereocenters. The van der Waals surface area contributed by atoms with Crippen LogP contribution in [-0.4, -0.2) is 39.7 Å². The van der Waals surface area contributed by atoms with Gasteiger partial charge in [-0.3, -0.25) is 14.5 Å². The van der Waals surface area contributed by atoms with Crippen molar-refractivity contribution < 1.29 is 28.6 Å². The summed E-state index contributed by atoms with van der Waals surface area (Å²) in [5.41, 5.74) is 2.80. The minimum atomic E-state index is -0.962. The summed E-state index contributed by atoms with van der Waals surface area (Å²) < 4.78 is 25.6. The second-order valence-corrected chi connectivity index (χ2v) is 12.8. The summed E-state index contributed by atoms with van der Waals surface area (Å²) in [5.74, 6) is -0.347. The first kappa shape index (κ1) is 29.8. The lowest BCUT2D eigenvalue weighted by atomic mass is 9.94. The maximum absolute atomic E-state index is 13.7. The van der Waals surface area contributed by atoms with Crippen LogP contribution in [0.15, 0.2) is 76.6 Å². The molecule has 0 aliphatic carbocycles. The van der Waals surface area contributed by atoms with Gasteiger partial charge in [-0.05, 0) is 72.5 Å². The molecule has 6 rings (SSSR count). The highest BCUT2D eigenvalue weighted by Gasteiger charge is 2.48. The quantitative estimate of drug-likeness (QED) is 0.0494. The summed E-state index contributed by atoms with van der Waals surface area (Å²) in [5, 5.41) is 20.4. The van der Waals surface area contributed by atoms with E-state index < -0.39 is 17.7 Å². The molecule has 4 aromatic rings. The molecule has 1 amide bonds. The van der Waals surface area contributed by atoms with Crippen LogP contribution in [0.25, 0.3) is 5.76 Å². The van der Waals surface area contributed by atoms with Crippen LogP contribution in [0.3, 0.4) is 0 Å². The molecule has 8 nitrogen and oxygen atoms in total. The fourth-order valence-corrected chi connectivity index (χ4v) is 7.09. The Kier molecular flexibility index (Phi) is 8.67. The Morgan fingerprint density at radius 2 is 1.95 bits per heavy atom. The predicted molar refractivity (Wildman–Crippen MR) is 168 cm³/mol. The molecular weight excluding hydrogens is 602 g/mol. The van der Waals surface area contributed by atoms with Gasteiger partial charge in [-0.1, -0.05) is 60.7 Å². The van der Waals surface area contributed by atoms with Crippen molar-refractivity contribution >= 4 is 45.7 Å². The monoisotopic (exact) mass is 631 g/mol. The number of rotatable bonds is 10. The van der Waals surface area contributed by atoms with Crippen molar-refractivity contribution in [2.24, 2.45) is 0 Å². The summed E-state index contributed by atoms with van der Waals surface area (Å²) >= 11 is 2.56. The van der Waals surface area contributed by atoms with Crippen LogP contribution in [0.4, 0.5) is 9.52 Å². The van der Waals surface area contributed by atoms with Crippen LogP contribution in [0.2, 0.25) is 0 Å². The third kappa shape index (κ3) is 6.07. The predicted octanol–water partition coefficient (Wildman–Crippen LogP) is 7.10. The number of fused-ring (bicyclic) bond motifs is 1. The number of carbonyl (C=O) groups excluding carboxylic acids is 2. The van der Waals surface area contributed by atoms with E-state index in [-0.39, 0.29) is 28.4 Å². The Bertz CT molecular complexity index is 1740. The van der Waals surface area contributed by atoms with Crippen LogP contribution < -0.4 is 14.4 Å². The average molecular weight is 632 g/mol. The molecule has 2 aliphatic heterocycles. The lowest BCUT2D eigenvalue weighted by Gasteiger charge is -2.23. The van der Waals surface area contributed by atoms with E-state index in [1.807, 2.05) is 13.0 Å². The standard InChI is InChI=1S/C33H30FN3O5S2/c1-3-4-14-41-25-7-5-6-21(17-25)28-27(29(38)22-10-13-26-23(16-22)15-19(2)42-26)30(39)31(40)37(28)32-35-36-33(44-32)43-18-20-8-11-24(34)12-9-20/h5-13,16-17,19,28,38H,3-4,14-15,18H2,1-2H3/t19-,28+/m0/s1. The molecule has 0 saturated carbocycles. The van der Waals surface area contributed by atoms with E-state index in [0.29, 0.717) is 40.0 Å². The second kappa shape index (κ2) is 12.8. The third-order valence-corrected chi connectivity index (χ3v) is 9.56. The van der Waals surface area contributed by atoms with E-state index in [0.717, 1.165) is 29.7 Å². The molecule has 3 heterocycles. The number of Topliss-reactive ketones (excluding diaryl/α,β-unsaturated/α-hetero) is 1. The van der Waals surface area contributed by atoms with Crippen molar-refractivity contribution in [3.63, 3.8) is 0 Å². The molecule has 0 bridgehead atoms. The van der Waals surface area contributed by atoms with Gasteiger partial charge >= 0.3 is 5.91 Å². The van der Waals surface area contributed by atoms with Gasteiger partial charge in [0.2, 0.25) is 5.13 Å². The molecule has 1 fully saturated rings. The number of thioether (sulfide) groups is 1. The van der Waals surface area contributed by atoms with Gasteiger partial charge in [-0.2, -0.15) is 0 Å². The first-order valence-electron chi connectivity index (χ1n) is 14.4. The summed E-state index contributed by atoms with van der Waals surface area (Å²) in [4.78, 5) is 28.6. The summed E-state index contributed by atoms with van der Waals surface area (Å²) in [6, 6.07) is 17.7. The van der Waals surface area contributed by atoms with Gasteiger partial charge in [0.05, 0.1) is 18.2 Å². The number of hydrogen-bond acceptors (Lipinski definition) is 9. The molecule has 226 valence electrons. The molecule has 44 heavy (non-hydrogen) atoms. The van der Waals surface area contributed by atoms with Gasteiger partial charge in [-0.15, -0.1) is 10.2 Å². The number of anilines is 1. The molecule has 1 saturated heterocycles. The van der Waals surface area contributed by atoms with Gasteiger partial charge in [0.1, 0.15) is 29.2 Å². The average Bonchev–Trinajstić information content (AvgIpc) is 3.71. The molecule has 0 radical (unpaired) electrons. The summed E-state index contributed by atoms with van der Waals surface area (Å²) in [6.45, 7) is 4.57. The number of hydrogen-bond donors (Lipinski definition) is 1. The van der Waals surface area contributed by atoms with Crippen molar-refractivity contribution in [1.82, 2.24) is 10.2 Å². The molecule has 0 unspecified atom stereocenters. The third-order valence-electron chi connectivity index (χ3n) is 7.43.